The molecule has 0 aliphatic carbocycles. The number of hydrogen-bond acceptors (Lipinski definition) is 2. The average molecular weight is 313 g/mol. The van der Waals surface area contributed by atoms with E-state index in [4.69, 9.17) is 4.74 Å². The molecular formula is C15H21BrO2. The highest BCUT2D eigenvalue weighted by atomic mass is 79.9. The summed E-state index contributed by atoms with van der Waals surface area (Å²) >= 11 is 3.37. The molecule has 0 aliphatic rings. The molecule has 1 atom stereocenters. The first-order valence-corrected chi connectivity index (χ1v) is 7.33. The van der Waals surface area contributed by atoms with Crippen LogP contribution in [-0.2, 0) is 16.0 Å². The van der Waals surface area contributed by atoms with E-state index >= 15 is 0 Å². The Labute approximate surface area is 118 Å². The zero-order chi connectivity index (χ0) is 13.5. The van der Waals surface area contributed by atoms with Crippen molar-refractivity contribution in [3.8, 4) is 0 Å². The number of carbonyl (C=O) groups excluding carboxylic acids is 1. The predicted molar refractivity (Wildman–Crippen MR) is 78.2 cm³/mol. The molecule has 3 heteroatoms. The normalized spacial score (nSPS) is 12.2. The maximum atomic E-state index is 11.4. The Kier molecular flexibility index (Phi) is 6.41. The van der Waals surface area contributed by atoms with E-state index in [0.29, 0.717) is 6.61 Å². The van der Waals surface area contributed by atoms with Crippen LogP contribution >= 0.6 is 15.9 Å². The SMILES string of the molecule is CCOC(=O)C(Br)CCCc1ccc(C)cc1C. The van der Waals surface area contributed by atoms with E-state index in [1.165, 1.54) is 16.7 Å². The van der Waals surface area contributed by atoms with Crippen molar-refractivity contribution in [3.05, 3.63) is 34.9 Å². The molecule has 1 unspecified atom stereocenters. The fourth-order valence-corrected chi connectivity index (χ4v) is 2.40. The van der Waals surface area contributed by atoms with Gasteiger partial charge in [0.25, 0.3) is 0 Å². The Hall–Kier alpha value is -0.830. The largest absolute Gasteiger partial charge is 0.465 e. The van der Waals surface area contributed by atoms with Crippen molar-refractivity contribution >= 4 is 21.9 Å². The summed E-state index contributed by atoms with van der Waals surface area (Å²) in [5.41, 5.74) is 3.99. The molecular weight excluding hydrogens is 292 g/mol. The first-order chi connectivity index (χ1) is 8.54. The smallest absolute Gasteiger partial charge is 0.319 e. The van der Waals surface area contributed by atoms with Gasteiger partial charge in [0, 0.05) is 0 Å². The van der Waals surface area contributed by atoms with Gasteiger partial charge in [0.1, 0.15) is 4.83 Å². The van der Waals surface area contributed by atoms with Gasteiger partial charge >= 0.3 is 5.97 Å². The quantitative estimate of drug-likeness (QED) is 0.587. The van der Waals surface area contributed by atoms with Crippen LogP contribution in [0.3, 0.4) is 0 Å². The van der Waals surface area contributed by atoms with Crippen LogP contribution in [0.25, 0.3) is 0 Å². The van der Waals surface area contributed by atoms with Crippen molar-refractivity contribution in [1.82, 2.24) is 0 Å². The Morgan fingerprint density at radius 3 is 2.72 bits per heavy atom. The molecule has 1 aromatic rings. The van der Waals surface area contributed by atoms with Gasteiger partial charge in [-0.3, -0.25) is 4.79 Å². The molecule has 0 N–H and O–H groups in total. The van der Waals surface area contributed by atoms with Gasteiger partial charge in [-0.15, -0.1) is 0 Å². The number of esters is 1. The summed E-state index contributed by atoms with van der Waals surface area (Å²) in [5.74, 6) is -0.155. The van der Waals surface area contributed by atoms with E-state index in [9.17, 15) is 4.79 Å². The number of rotatable bonds is 6. The number of carbonyl (C=O) groups is 1. The third-order valence-electron chi connectivity index (χ3n) is 2.94. The maximum absolute atomic E-state index is 11.4. The van der Waals surface area contributed by atoms with Gasteiger partial charge in [-0.05, 0) is 51.2 Å². The standard InChI is InChI=1S/C15H21BrO2/c1-4-18-15(17)14(16)7-5-6-13-9-8-11(2)10-12(13)3/h8-10,14H,4-7H2,1-3H3. The van der Waals surface area contributed by atoms with E-state index in [1.807, 2.05) is 6.92 Å². The van der Waals surface area contributed by atoms with Crippen molar-refractivity contribution in [2.75, 3.05) is 6.61 Å². The molecule has 0 radical (unpaired) electrons. The van der Waals surface area contributed by atoms with Crippen molar-refractivity contribution in [2.24, 2.45) is 0 Å². The van der Waals surface area contributed by atoms with Crippen LogP contribution in [0.2, 0.25) is 0 Å². The first-order valence-electron chi connectivity index (χ1n) is 6.41. The van der Waals surface area contributed by atoms with Crippen molar-refractivity contribution in [1.29, 1.82) is 0 Å². The zero-order valence-corrected chi connectivity index (χ0v) is 12.9. The summed E-state index contributed by atoms with van der Waals surface area (Å²) in [6, 6.07) is 6.52. The van der Waals surface area contributed by atoms with Crippen molar-refractivity contribution in [2.45, 2.75) is 44.9 Å². The number of aryl methyl sites for hydroxylation is 3. The van der Waals surface area contributed by atoms with E-state index in [0.717, 1.165) is 19.3 Å². The Bertz CT molecular complexity index is 401. The lowest BCUT2D eigenvalue weighted by Crippen LogP contribution is -2.17. The zero-order valence-electron chi connectivity index (χ0n) is 11.3. The molecule has 0 saturated heterocycles. The van der Waals surface area contributed by atoms with Gasteiger partial charge in [0.2, 0.25) is 0 Å². The highest BCUT2D eigenvalue weighted by molar-refractivity contribution is 9.10. The van der Waals surface area contributed by atoms with Gasteiger partial charge in [-0.1, -0.05) is 39.7 Å². The number of halogens is 1. The van der Waals surface area contributed by atoms with Crippen molar-refractivity contribution < 1.29 is 9.53 Å². The van der Waals surface area contributed by atoms with E-state index in [2.05, 4.69) is 48.0 Å². The van der Waals surface area contributed by atoms with E-state index < -0.39 is 0 Å². The van der Waals surface area contributed by atoms with Crippen LogP contribution in [0.5, 0.6) is 0 Å². The molecule has 18 heavy (non-hydrogen) atoms. The fourth-order valence-electron chi connectivity index (χ4n) is 1.95. The van der Waals surface area contributed by atoms with Gasteiger partial charge in [0.05, 0.1) is 6.61 Å². The van der Waals surface area contributed by atoms with Crippen LogP contribution in [-0.4, -0.2) is 17.4 Å². The van der Waals surface area contributed by atoms with Crippen LogP contribution in [0.1, 0.15) is 36.5 Å². The fraction of sp³-hybridized carbons (Fsp3) is 0.533. The summed E-state index contributed by atoms with van der Waals surface area (Å²) in [6.45, 7) is 6.51. The predicted octanol–water partition coefficient (Wildman–Crippen LogP) is 3.95. The molecule has 100 valence electrons. The lowest BCUT2D eigenvalue weighted by molar-refractivity contribution is -0.142. The Morgan fingerprint density at radius 1 is 1.39 bits per heavy atom. The molecule has 0 aliphatic heterocycles. The highest BCUT2D eigenvalue weighted by Gasteiger charge is 2.15. The van der Waals surface area contributed by atoms with Crippen LogP contribution in [0.15, 0.2) is 18.2 Å². The van der Waals surface area contributed by atoms with E-state index in [1.54, 1.807) is 0 Å². The van der Waals surface area contributed by atoms with E-state index in [-0.39, 0.29) is 10.8 Å². The molecule has 0 aromatic heterocycles. The number of hydrogen-bond donors (Lipinski definition) is 0. The van der Waals surface area contributed by atoms with Gasteiger partial charge in [-0.25, -0.2) is 0 Å². The molecule has 0 saturated carbocycles. The summed E-state index contributed by atoms with van der Waals surface area (Å²) < 4.78 is 4.96. The molecule has 0 spiro atoms. The summed E-state index contributed by atoms with van der Waals surface area (Å²) in [5, 5.41) is 0. The molecule has 0 bridgehead atoms. The monoisotopic (exact) mass is 312 g/mol. The Morgan fingerprint density at radius 2 is 2.11 bits per heavy atom. The molecule has 0 heterocycles. The topological polar surface area (TPSA) is 26.3 Å². The lowest BCUT2D eigenvalue weighted by Gasteiger charge is -2.10. The highest BCUT2D eigenvalue weighted by Crippen LogP contribution is 2.16. The third-order valence-corrected chi connectivity index (χ3v) is 3.78. The lowest BCUT2D eigenvalue weighted by atomic mass is 10.0. The Balaban J connectivity index is 2.39. The minimum Gasteiger partial charge on any atom is -0.465 e. The molecule has 2 nitrogen and oxygen atoms in total. The molecule has 1 rings (SSSR count). The second-order valence-corrected chi connectivity index (χ2v) is 5.65. The van der Waals surface area contributed by atoms with Crippen LogP contribution in [0.4, 0.5) is 0 Å². The van der Waals surface area contributed by atoms with Crippen LogP contribution < -0.4 is 0 Å². The second kappa shape index (κ2) is 7.57. The minimum atomic E-state index is -0.178. The summed E-state index contributed by atoms with van der Waals surface area (Å²) in [7, 11) is 0. The molecule has 0 fully saturated rings. The van der Waals surface area contributed by atoms with Crippen LogP contribution in [0, 0.1) is 13.8 Å². The second-order valence-electron chi connectivity index (χ2n) is 4.54. The first kappa shape index (κ1) is 15.2. The summed E-state index contributed by atoms with van der Waals surface area (Å²) in [6.07, 6.45) is 2.80. The summed E-state index contributed by atoms with van der Waals surface area (Å²) in [4.78, 5) is 11.3. The van der Waals surface area contributed by atoms with Crippen molar-refractivity contribution in [3.63, 3.8) is 0 Å². The number of benzene rings is 1. The minimum absolute atomic E-state index is 0.155. The number of alkyl halides is 1. The van der Waals surface area contributed by atoms with Gasteiger partial charge in [-0.2, -0.15) is 0 Å². The maximum Gasteiger partial charge on any atom is 0.319 e. The molecule has 0 amide bonds. The van der Waals surface area contributed by atoms with Gasteiger partial charge in [0.15, 0.2) is 0 Å². The number of ether oxygens (including phenoxy) is 1. The molecule has 1 aromatic carbocycles. The average Bonchev–Trinajstić information content (AvgIpc) is 2.32. The third kappa shape index (κ3) is 4.81. The van der Waals surface area contributed by atoms with Gasteiger partial charge < -0.3 is 4.74 Å².